The van der Waals surface area contributed by atoms with Crippen LogP contribution in [-0.4, -0.2) is 37.1 Å². The lowest BCUT2D eigenvalue weighted by molar-refractivity contribution is 0.197. The first-order valence-electron chi connectivity index (χ1n) is 7.01. The zero-order valence-electron chi connectivity index (χ0n) is 13.0. The predicted molar refractivity (Wildman–Crippen MR) is 90.3 cm³/mol. The maximum Gasteiger partial charge on any atom is 0.321 e. The van der Waals surface area contributed by atoms with Crippen LogP contribution in [0.1, 0.15) is 18.1 Å². The highest BCUT2D eigenvalue weighted by Gasteiger charge is 2.22. The number of halogens is 1. The van der Waals surface area contributed by atoms with E-state index in [1.54, 1.807) is 6.92 Å². The first-order chi connectivity index (χ1) is 9.49. The second-order valence-corrected chi connectivity index (χ2v) is 5.40. The summed E-state index contributed by atoms with van der Waals surface area (Å²) in [6, 6.07) is 6.34. The number of rotatable bonds is 2. The number of nitrogens with zero attached hydrogens (tertiary/aromatic N) is 2. The Balaban J connectivity index is 0.00000220. The quantitative estimate of drug-likeness (QED) is 0.911. The second kappa shape index (κ2) is 7.36. The van der Waals surface area contributed by atoms with Crippen molar-refractivity contribution in [3.8, 4) is 0 Å². The molecule has 116 valence electrons. The summed E-state index contributed by atoms with van der Waals surface area (Å²) in [5.74, 6) is 0. The van der Waals surface area contributed by atoms with Crippen molar-refractivity contribution in [2.24, 2.45) is 0 Å². The van der Waals surface area contributed by atoms with E-state index in [-0.39, 0.29) is 18.4 Å². The average Bonchev–Trinajstić information content (AvgIpc) is 2.41. The molecule has 21 heavy (non-hydrogen) atoms. The minimum absolute atomic E-state index is 0. The Labute approximate surface area is 133 Å². The number of hydrogen-bond acceptors (Lipinski definition) is 2. The Morgan fingerprint density at radius 3 is 2.38 bits per heavy atom. The number of urea groups is 1. The van der Waals surface area contributed by atoms with E-state index in [4.69, 9.17) is 0 Å². The second-order valence-electron chi connectivity index (χ2n) is 5.40. The zero-order valence-corrected chi connectivity index (χ0v) is 13.8. The molecule has 0 spiro atoms. The first kappa shape index (κ1) is 17.4. The van der Waals surface area contributed by atoms with Gasteiger partial charge in [-0.2, -0.15) is 0 Å². The van der Waals surface area contributed by atoms with Gasteiger partial charge in [0.25, 0.3) is 0 Å². The topological polar surface area (TPSA) is 35.6 Å². The van der Waals surface area contributed by atoms with E-state index in [2.05, 4.69) is 48.8 Å². The van der Waals surface area contributed by atoms with E-state index in [9.17, 15) is 4.79 Å². The van der Waals surface area contributed by atoms with Gasteiger partial charge in [-0.1, -0.05) is 18.7 Å². The largest absolute Gasteiger partial charge is 0.368 e. The fraction of sp³-hybridized carbons (Fsp3) is 0.438. The van der Waals surface area contributed by atoms with E-state index >= 15 is 0 Å². The summed E-state index contributed by atoms with van der Waals surface area (Å²) in [4.78, 5) is 16.1. The van der Waals surface area contributed by atoms with Crippen molar-refractivity contribution in [1.82, 2.24) is 10.2 Å². The Morgan fingerprint density at radius 1 is 1.19 bits per heavy atom. The van der Waals surface area contributed by atoms with Gasteiger partial charge < -0.3 is 15.1 Å². The maximum atomic E-state index is 11.9. The normalized spacial score (nSPS) is 14.4. The molecule has 2 amide bonds. The molecule has 1 aromatic carbocycles. The molecule has 0 atom stereocenters. The van der Waals surface area contributed by atoms with Crippen LogP contribution in [0.3, 0.4) is 0 Å². The molecule has 1 heterocycles. The van der Waals surface area contributed by atoms with Gasteiger partial charge >= 0.3 is 6.03 Å². The Morgan fingerprint density at radius 2 is 1.81 bits per heavy atom. The highest BCUT2D eigenvalue weighted by atomic mass is 35.5. The van der Waals surface area contributed by atoms with Gasteiger partial charge in [0.2, 0.25) is 0 Å². The summed E-state index contributed by atoms with van der Waals surface area (Å²) in [6.07, 6.45) is 0. The molecule has 1 N–H and O–H groups in total. The standard InChI is InChI=1S/C16H23N3O.ClH/c1-12(2)17-16(20)19-10-8-18(9-11-19)15-7-5-6-13(3)14(15)4;/h5-7H,1,8-11H2,2-4H3,(H,17,20);1H. The van der Waals surface area contributed by atoms with Crippen molar-refractivity contribution in [3.05, 3.63) is 41.6 Å². The third-order valence-electron chi connectivity index (χ3n) is 3.80. The van der Waals surface area contributed by atoms with E-state index in [0.29, 0.717) is 5.70 Å². The van der Waals surface area contributed by atoms with E-state index < -0.39 is 0 Å². The van der Waals surface area contributed by atoms with Crippen LogP contribution in [0.5, 0.6) is 0 Å². The molecule has 1 fully saturated rings. The van der Waals surface area contributed by atoms with Crippen LogP contribution in [0.15, 0.2) is 30.5 Å². The molecule has 0 radical (unpaired) electrons. The van der Waals surface area contributed by atoms with Crippen LogP contribution in [0.2, 0.25) is 0 Å². The minimum atomic E-state index is -0.0434. The number of allylic oxidation sites excluding steroid dienone is 1. The van der Waals surface area contributed by atoms with Crippen LogP contribution < -0.4 is 10.2 Å². The smallest absolute Gasteiger partial charge is 0.321 e. The van der Waals surface area contributed by atoms with Crippen molar-refractivity contribution >= 4 is 24.1 Å². The van der Waals surface area contributed by atoms with E-state index in [0.717, 1.165) is 26.2 Å². The lowest BCUT2D eigenvalue weighted by Gasteiger charge is -2.37. The average molecular weight is 310 g/mol. The number of hydrogen-bond donors (Lipinski definition) is 1. The van der Waals surface area contributed by atoms with Crippen molar-refractivity contribution < 1.29 is 4.79 Å². The summed E-state index contributed by atoms with van der Waals surface area (Å²) in [5, 5.41) is 2.76. The number of nitrogens with one attached hydrogen (secondary N) is 1. The number of carbonyl (C=O) groups is 1. The fourth-order valence-electron chi connectivity index (χ4n) is 2.49. The number of benzene rings is 1. The third kappa shape index (κ3) is 4.14. The Bertz CT molecular complexity index is 522. The lowest BCUT2D eigenvalue weighted by atomic mass is 10.1. The van der Waals surface area contributed by atoms with Gasteiger partial charge in [0.15, 0.2) is 0 Å². The lowest BCUT2D eigenvalue weighted by Crippen LogP contribution is -2.51. The molecule has 5 heteroatoms. The Kier molecular flexibility index (Phi) is 6.09. The molecule has 2 rings (SSSR count). The molecule has 0 aromatic heterocycles. The molecule has 1 aliphatic heterocycles. The van der Waals surface area contributed by atoms with Crippen molar-refractivity contribution in [3.63, 3.8) is 0 Å². The zero-order chi connectivity index (χ0) is 14.7. The Hall–Kier alpha value is -1.68. The summed E-state index contributed by atoms with van der Waals surface area (Å²) < 4.78 is 0. The molecule has 0 unspecified atom stereocenters. The summed E-state index contributed by atoms with van der Waals surface area (Å²) in [7, 11) is 0. The SMILES string of the molecule is C=C(C)NC(=O)N1CCN(c2cccc(C)c2C)CC1.Cl. The summed E-state index contributed by atoms with van der Waals surface area (Å²) >= 11 is 0. The molecule has 1 aliphatic rings. The molecule has 0 saturated carbocycles. The van der Waals surface area contributed by atoms with Gasteiger partial charge in [0.05, 0.1) is 0 Å². The fourth-order valence-corrected chi connectivity index (χ4v) is 2.49. The van der Waals surface area contributed by atoms with Gasteiger partial charge in [-0.3, -0.25) is 0 Å². The van der Waals surface area contributed by atoms with Crippen molar-refractivity contribution in [2.75, 3.05) is 31.1 Å². The number of anilines is 1. The van der Waals surface area contributed by atoms with Crippen LogP contribution in [0.4, 0.5) is 10.5 Å². The molecule has 4 nitrogen and oxygen atoms in total. The third-order valence-corrected chi connectivity index (χ3v) is 3.80. The van der Waals surface area contributed by atoms with Gasteiger partial charge in [0, 0.05) is 37.6 Å². The van der Waals surface area contributed by atoms with Gasteiger partial charge in [-0.25, -0.2) is 4.79 Å². The van der Waals surface area contributed by atoms with E-state index in [1.807, 2.05) is 4.90 Å². The van der Waals surface area contributed by atoms with Crippen molar-refractivity contribution in [1.29, 1.82) is 0 Å². The summed E-state index contributed by atoms with van der Waals surface area (Å²) in [6.45, 7) is 13.0. The maximum absolute atomic E-state index is 11.9. The molecule has 0 aliphatic carbocycles. The van der Waals surface area contributed by atoms with Crippen LogP contribution in [-0.2, 0) is 0 Å². The summed E-state index contributed by atoms with van der Waals surface area (Å²) in [5.41, 5.74) is 4.61. The molecule has 0 bridgehead atoms. The highest BCUT2D eigenvalue weighted by Crippen LogP contribution is 2.23. The first-order valence-corrected chi connectivity index (χ1v) is 7.01. The number of carbonyl (C=O) groups excluding carboxylic acids is 1. The number of aryl methyl sites for hydroxylation is 1. The number of piperazine rings is 1. The minimum Gasteiger partial charge on any atom is -0.368 e. The van der Waals surface area contributed by atoms with Crippen LogP contribution in [0, 0.1) is 13.8 Å². The molecule has 1 aromatic rings. The molecule has 1 saturated heterocycles. The number of amides is 2. The van der Waals surface area contributed by atoms with Crippen LogP contribution >= 0.6 is 12.4 Å². The predicted octanol–water partition coefficient (Wildman–Crippen LogP) is 3.09. The highest BCUT2D eigenvalue weighted by molar-refractivity contribution is 5.85. The molecular weight excluding hydrogens is 286 g/mol. The van der Waals surface area contributed by atoms with Gasteiger partial charge in [-0.05, 0) is 38.0 Å². The molecular formula is C16H24ClN3O. The van der Waals surface area contributed by atoms with Gasteiger partial charge in [-0.15, -0.1) is 12.4 Å². The monoisotopic (exact) mass is 309 g/mol. The van der Waals surface area contributed by atoms with Crippen LogP contribution in [0.25, 0.3) is 0 Å². The van der Waals surface area contributed by atoms with Gasteiger partial charge in [0.1, 0.15) is 0 Å². The van der Waals surface area contributed by atoms with Crippen molar-refractivity contribution in [2.45, 2.75) is 20.8 Å². The van der Waals surface area contributed by atoms with E-state index in [1.165, 1.54) is 16.8 Å².